The Morgan fingerprint density at radius 1 is 1.09 bits per heavy atom. The second-order valence-corrected chi connectivity index (χ2v) is 7.55. The van der Waals surface area contributed by atoms with E-state index in [-0.39, 0.29) is 15.6 Å². The standard InChI is InChI=1S/C14H9Cl3FNO3S/c15-9-1-4-11(5-2-9)23(21,22)19(8-14(17)20)10-3-6-13(18)12(16)7-10/h1-7H,8H2. The summed E-state index contributed by atoms with van der Waals surface area (Å²) in [7, 11) is -4.11. The fourth-order valence-corrected chi connectivity index (χ4v) is 3.71. The summed E-state index contributed by atoms with van der Waals surface area (Å²) in [5.74, 6) is -0.712. The largest absolute Gasteiger partial charge is 0.279 e. The van der Waals surface area contributed by atoms with E-state index >= 15 is 0 Å². The molecule has 0 aliphatic heterocycles. The number of carbonyl (C=O) groups excluding carboxylic acids is 1. The monoisotopic (exact) mass is 395 g/mol. The Labute approximate surface area is 147 Å². The molecule has 2 aromatic carbocycles. The van der Waals surface area contributed by atoms with Gasteiger partial charge in [-0.2, -0.15) is 0 Å². The van der Waals surface area contributed by atoms with Crippen molar-refractivity contribution in [2.24, 2.45) is 0 Å². The first-order valence-electron chi connectivity index (χ1n) is 6.13. The van der Waals surface area contributed by atoms with Gasteiger partial charge in [0, 0.05) is 5.02 Å². The lowest BCUT2D eigenvalue weighted by Crippen LogP contribution is -2.34. The molecular weight excluding hydrogens is 388 g/mol. The molecule has 0 aliphatic rings. The summed E-state index contributed by atoms with van der Waals surface area (Å²) >= 11 is 16.8. The van der Waals surface area contributed by atoms with Crippen LogP contribution in [-0.4, -0.2) is 20.2 Å². The van der Waals surface area contributed by atoms with Gasteiger partial charge in [-0.25, -0.2) is 12.8 Å². The number of hydrogen-bond acceptors (Lipinski definition) is 3. The van der Waals surface area contributed by atoms with Gasteiger partial charge in [0.2, 0.25) is 5.24 Å². The molecule has 0 saturated carbocycles. The Bertz CT molecular complexity index is 841. The fourth-order valence-electron chi connectivity index (χ4n) is 1.80. The Morgan fingerprint density at radius 2 is 1.70 bits per heavy atom. The maximum absolute atomic E-state index is 13.3. The summed E-state index contributed by atoms with van der Waals surface area (Å²) in [5, 5.41) is -0.822. The summed E-state index contributed by atoms with van der Waals surface area (Å²) in [6.45, 7) is -0.630. The summed E-state index contributed by atoms with van der Waals surface area (Å²) < 4.78 is 39.4. The van der Waals surface area contributed by atoms with Gasteiger partial charge in [0.05, 0.1) is 15.6 Å². The molecule has 0 fully saturated rings. The lowest BCUT2D eigenvalue weighted by Gasteiger charge is -2.23. The molecule has 0 saturated heterocycles. The maximum atomic E-state index is 13.3. The van der Waals surface area contributed by atoms with Gasteiger partial charge in [-0.15, -0.1) is 0 Å². The first kappa shape index (κ1) is 18.0. The second-order valence-electron chi connectivity index (χ2n) is 4.42. The smallest absolute Gasteiger partial charge is 0.264 e. The predicted molar refractivity (Wildman–Crippen MR) is 88.3 cm³/mol. The predicted octanol–water partition coefficient (Wildman–Crippen LogP) is 4.09. The van der Waals surface area contributed by atoms with E-state index in [1.807, 2.05) is 0 Å². The average Bonchev–Trinajstić information content (AvgIpc) is 2.48. The van der Waals surface area contributed by atoms with Gasteiger partial charge in [0.15, 0.2) is 0 Å². The van der Waals surface area contributed by atoms with Crippen LogP contribution < -0.4 is 4.31 Å². The summed E-state index contributed by atoms with van der Waals surface area (Å²) in [4.78, 5) is 11.1. The summed E-state index contributed by atoms with van der Waals surface area (Å²) in [6, 6.07) is 8.65. The van der Waals surface area contributed by atoms with E-state index in [1.165, 1.54) is 30.3 Å². The van der Waals surface area contributed by atoms with Gasteiger partial charge in [-0.3, -0.25) is 9.10 Å². The highest BCUT2D eigenvalue weighted by atomic mass is 35.5. The Morgan fingerprint density at radius 3 is 2.22 bits per heavy atom. The molecule has 122 valence electrons. The fraction of sp³-hybridized carbons (Fsp3) is 0.0714. The molecule has 9 heteroatoms. The van der Waals surface area contributed by atoms with Crippen LogP contribution in [0.4, 0.5) is 10.1 Å². The maximum Gasteiger partial charge on any atom is 0.264 e. The SMILES string of the molecule is O=C(Cl)CN(c1ccc(F)c(Cl)c1)S(=O)(=O)c1ccc(Cl)cc1. The highest BCUT2D eigenvalue weighted by Gasteiger charge is 2.27. The van der Waals surface area contributed by atoms with E-state index in [0.29, 0.717) is 5.02 Å². The summed E-state index contributed by atoms with van der Waals surface area (Å²) in [5.41, 5.74) is 0.0142. The van der Waals surface area contributed by atoms with Crippen molar-refractivity contribution < 1.29 is 17.6 Å². The molecule has 0 bridgehead atoms. The van der Waals surface area contributed by atoms with Crippen molar-refractivity contribution in [2.45, 2.75) is 4.90 Å². The van der Waals surface area contributed by atoms with Gasteiger partial charge in [-0.05, 0) is 54.1 Å². The second kappa shape index (κ2) is 7.05. The third kappa shape index (κ3) is 4.14. The molecule has 0 radical (unpaired) electrons. The zero-order valence-electron chi connectivity index (χ0n) is 11.3. The molecule has 2 rings (SSSR count). The van der Waals surface area contributed by atoms with Crippen LogP contribution in [0.1, 0.15) is 0 Å². The zero-order chi connectivity index (χ0) is 17.2. The third-order valence-electron chi connectivity index (χ3n) is 2.86. The van der Waals surface area contributed by atoms with Crippen molar-refractivity contribution in [3.05, 3.63) is 58.3 Å². The van der Waals surface area contributed by atoms with Gasteiger partial charge >= 0.3 is 0 Å². The van der Waals surface area contributed by atoms with Crippen LogP contribution in [0.25, 0.3) is 0 Å². The van der Waals surface area contributed by atoms with E-state index < -0.39 is 27.6 Å². The quantitative estimate of drug-likeness (QED) is 0.715. The zero-order valence-corrected chi connectivity index (χ0v) is 14.4. The first-order chi connectivity index (χ1) is 10.7. The van der Waals surface area contributed by atoms with Crippen LogP contribution in [0, 0.1) is 5.82 Å². The molecule has 0 atom stereocenters. The molecule has 0 unspecified atom stereocenters. The molecule has 2 aromatic rings. The van der Waals surface area contributed by atoms with Crippen LogP contribution in [0.2, 0.25) is 10.0 Å². The Balaban J connectivity index is 2.55. The van der Waals surface area contributed by atoms with Crippen LogP contribution in [0.3, 0.4) is 0 Å². The number of hydrogen-bond donors (Lipinski definition) is 0. The van der Waals surface area contributed by atoms with Gasteiger partial charge in [-0.1, -0.05) is 23.2 Å². The van der Waals surface area contributed by atoms with Crippen molar-refractivity contribution in [1.29, 1.82) is 0 Å². The highest BCUT2D eigenvalue weighted by molar-refractivity contribution is 7.92. The molecule has 0 heterocycles. The van der Waals surface area contributed by atoms with Crippen molar-refractivity contribution in [3.63, 3.8) is 0 Å². The van der Waals surface area contributed by atoms with Crippen LogP contribution in [0.15, 0.2) is 47.4 Å². The first-order valence-corrected chi connectivity index (χ1v) is 8.71. The molecule has 0 N–H and O–H groups in total. The van der Waals surface area contributed by atoms with E-state index in [2.05, 4.69) is 0 Å². The number of halogens is 4. The van der Waals surface area contributed by atoms with Gasteiger partial charge in [0.1, 0.15) is 12.4 Å². The number of sulfonamides is 1. The molecule has 0 spiro atoms. The van der Waals surface area contributed by atoms with Crippen molar-refractivity contribution >= 4 is 55.8 Å². The van der Waals surface area contributed by atoms with E-state index in [1.54, 1.807) is 0 Å². The minimum atomic E-state index is -4.11. The number of rotatable bonds is 5. The van der Waals surface area contributed by atoms with E-state index in [9.17, 15) is 17.6 Å². The van der Waals surface area contributed by atoms with E-state index in [4.69, 9.17) is 34.8 Å². The minimum Gasteiger partial charge on any atom is -0.279 e. The average molecular weight is 397 g/mol. The van der Waals surface area contributed by atoms with E-state index in [0.717, 1.165) is 16.4 Å². The van der Waals surface area contributed by atoms with Crippen molar-refractivity contribution in [2.75, 3.05) is 10.8 Å². The molecule has 23 heavy (non-hydrogen) atoms. The number of anilines is 1. The topological polar surface area (TPSA) is 54.5 Å². The molecule has 4 nitrogen and oxygen atoms in total. The highest BCUT2D eigenvalue weighted by Crippen LogP contribution is 2.28. The van der Waals surface area contributed by atoms with Crippen LogP contribution in [0.5, 0.6) is 0 Å². The minimum absolute atomic E-state index is 0.0142. The Kier molecular flexibility index (Phi) is 5.52. The molecule has 0 aliphatic carbocycles. The van der Waals surface area contributed by atoms with Crippen LogP contribution in [-0.2, 0) is 14.8 Å². The van der Waals surface area contributed by atoms with Gasteiger partial charge in [0.25, 0.3) is 10.0 Å². The van der Waals surface area contributed by atoms with Crippen molar-refractivity contribution in [1.82, 2.24) is 0 Å². The number of nitrogens with zero attached hydrogens (tertiary/aromatic N) is 1. The Hall–Kier alpha value is -1.34. The van der Waals surface area contributed by atoms with Gasteiger partial charge < -0.3 is 0 Å². The molecule has 0 amide bonds. The van der Waals surface area contributed by atoms with Crippen LogP contribution >= 0.6 is 34.8 Å². The normalized spacial score (nSPS) is 11.3. The van der Waals surface area contributed by atoms with Crippen molar-refractivity contribution in [3.8, 4) is 0 Å². The number of benzene rings is 2. The summed E-state index contributed by atoms with van der Waals surface area (Å²) in [6.07, 6.45) is 0. The molecule has 0 aromatic heterocycles. The lowest BCUT2D eigenvalue weighted by atomic mass is 10.3. The molecular formula is C14H9Cl3FNO3S. The lowest BCUT2D eigenvalue weighted by molar-refractivity contribution is -0.110. The number of carbonyl (C=O) groups is 1. The third-order valence-corrected chi connectivity index (χ3v) is 5.31.